The third-order valence-corrected chi connectivity index (χ3v) is 4.31. The monoisotopic (exact) mass is 291 g/mol. The summed E-state index contributed by atoms with van der Waals surface area (Å²) in [6, 6.07) is 0.171. The first-order valence-corrected chi connectivity index (χ1v) is 7.25. The van der Waals surface area contributed by atoms with Crippen molar-refractivity contribution in [1.82, 2.24) is 9.80 Å². The van der Waals surface area contributed by atoms with Gasteiger partial charge in [-0.05, 0) is 31.8 Å². The normalized spacial score (nSPS) is 22.7. The van der Waals surface area contributed by atoms with Gasteiger partial charge in [0.1, 0.15) is 0 Å². The minimum absolute atomic E-state index is 0. The Kier molecular flexibility index (Phi) is 8.62. The summed E-state index contributed by atoms with van der Waals surface area (Å²) in [5.74, 6) is 0.345. The van der Waals surface area contributed by atoms with Crippen molar-refractivity contribution in [2.75, 3.05) is 26.7 Å². The molecule has 0 radical (unpaired) electrons. The fourth-order valence-corrected chi connectivity index (χ4v) is 2.68. The van der Waals surface area contributed by atoms with Crippen molar-refractivity contribution in [3.63, 3.8) is 0 Å². The molecule has 19 heavy (non-hydrogen) atoms. The number of carbonyl (C=O) groups is 1. The van der Waals surface area contributed by atoms with E-state index in [4.69, 9.17) is 5.73 Å². The van der Waals surface area contributed by atoms with E-state index in [-0.39, 0.29) is 30.3 Å². The zero-order chi connectivity index (χ0) is 13.7. The van der Waals surface area contributed by atoms with E-state index in [2.05, 4.69) is 18.7 Å². The van der Waals surface area contributed by atoms with Crippen molar-refractivity contribution in [3.05, 3.63) is 0 Å². The minimum atomic E-state index is -0.350. The number of likely N-dealkylation sites (N-methyl/N-ethyl adjacent to an activating group) is 2. The van der Waals surface area contributed by atoms with Crippen LogP contribution in [0, 0.1) is 5.92 Å². The molecule has 0 bridgehead atoms. The van der Waals surface area contributed by atoms with Crippen LogP contribution in [0.3, 0.4) is 0 Å². The lowest BCUT2D eigenvalue weighted by atomic mass is 9.99. The lowest BCUT2D eigenvalue weighted by Gasteiger charge is -2.30. The molecule has 3 atom stereocenters. The van der Waals surface area contributed by atoms with Crippen LogP contribution in [0.1, 0.15) is 40.0 Å². The Morgan fingerprint density at radius 2 is 2.11 bits per heavy atom. The van der Waals surface area contributed by atoms with Crippen LogP contribution in [-0.4, -0.2) is 54.5 Å². The van der Waals surface area contributed by atoms with E-state index in [1.165, 1.54) is 19.4 Å². The molecule has 0 aromatic carbocycles. The molecule has 1 fully saturated rings. The molecule has 1 heterocycles. The summed E-state index contributed by atoms with van der Waals surface area (Å²) in [6.45, 7) is 9.37. The van der Waals surface area contributed by atoms with E-state index in [1.807, 2.05) is 18.9 Å². The van der Waals surface area contributed by atoms with Gasteiger partial charge in [0.2, 0.25) is 5.91 Å². The van der Waals surface area contributed by atoms with Gasteiger partial charge in [-0.3, -0.25) is 9.69 Å². The maximum absolute atomic E-state index is 12.2. The zero-order valence-corrected chi connectivity index (χ0v) is 13.6. The van der Waals surface area contributed by atoms with Crippen molar-refractivity contribution in [2.24, 2.45) is 11.7 Å². The second-order valence-corrected chi connectivity index (χ2v) is 5.55. The first kappa shape index (κ1) is 18.7. The van der Waals surface area contributed by atoms with Crippen LogP contribution >= 0.6 is 12.4 Å². The second-order valence-electron chi connectivity index (χ2n) is 5.55. The summed E-state index contributed by atoms with van der Waals surface area (Å²) in [5, 5.41) is 0. The molecule has 0 saturated carbocycles. The first-order valence-electron chi connectivity index (χ1n) is 7.25. The van der Waals surface area contributed by atoms with Crippen molar-refractivity contribution in [1.29, 1.82) is 0 Å². The Bertz CT molecular complexity index is 275. The number of rotatable bonds is 6. The number of nitrogens with zero attached hydrogens (tertiary/aromatic N) is 2. The maximum Gasteiger partial charge on any atom is 0.239 e. The van der Waals surface area contributed by atoms with Crippen LogP contribution in [0.5, 0.6) is 0 Å². The summed E-state index contributed by atoms with van der Waals surface area (Å²) in [5.41, 5.74) is 6.01. The highest BCUT2D eigenvalue weighted by atomic mass is 35.5. The number of halogens is 1. The zero-order valence-electron chi connectivity index (χ0n) is 12.8. The van der Waals surface area contributed by atoms with E-state index in [0.29, 0.717) is 6.04 Å². The smallest absolute Gasteiger partial charge is 0.239 e. The maximum atomic E-state index is 12.2. The van der Waals surface area contributed by atoms with E-state index >= 15 is 0 Å². The third-order valence-electron chi connectivity index (χ3n) is 4.31. The van der Waals surface area contributed by atoms with Gasteiger partial charge in [0.15, 0.2) is 0 Å². The standard InChI is InChI=1S/C14H29N3O.ClH/c1-5-11(3)13(15)14(18)16(4)10-12-8-7-9-17(12)6-2;/h11-13H,5-10,15H2,1-4H3;1H. The largest absolute Gasteiger partial charge is 0.343 e. The highest BCUT2D eigenvalue weighted by Crippen LogP contribution is 2.18. The first-order chi connectivity index (χ1) is 8.51. The van der Waals surface area contributed by atoms with E-state index < -0.39 is 0 Å². The molecule has 0 aliphatic carbocycles. The van der Waals surface area contributed by atoms with Gasteiger partial charge in [0.25, 0.3) is 0 Å². The van der Waals surface area contributed by atoms with Gasteiger partial charge in [-0.25, -0.2) is 0 Å². The SMILES string of the molecule is CCC(C)C(N)C(=O)N(C)CC1CCCN1CC.Cl. The average molecular weight is 292 g/mol. The van der Waals surface area contributed by atoms with Gasteiger partial charge in [-0.15, -0.1) is 12.4 Å². The van der Waals surface area contributed by atoms with Crippen LogP contribution in [0.2, 0.25) is 0 Å². The van der Waals surface area contributed by atoms with Crippen molar-refractivity contribution in [3.8, 4) is 0 Å². The molecule has 0 aromatic rings. The number of hydrogen-bond donors (Lipinski definition) is 1. The minimum Gasteiger partial charge on any atom is -0.343 e. The number of amides is 1. The van der Waals surface area contributed by atoms with Crippen LogP contribution in [0.25, 0.3) is 0 Å². The van der Waals surface area contributed by atoms with Crippen LogP contribution in [-0.2, 0) is 4.79 Å². The molecule has 0 aromatic heterocycles. The van der Waals surface area contributed by atoms with Crippen LogP contribution in [0.15, 0.2) is 0 Å². The summed E-state index contributed by atoms with van der Waals surface area (Å²) in [4.78, 5) is 16.5. The molecular formula is C14H30ClN3O. The highest BCUT2D eigenvalue weighted by molar-refractivity contribution is 5.85. The summed E-state index contributed by atoms with van der Waals surface area (Å²) in [6.07, 6.45) is 3.40. The van der Waals surface area contributed by atoms with Gasteiger partial charge < -0.3 is 10.6 Å². The van der Waals surface area contributed by atoms with Crippen molar-refractivity contribution in [2.45, 2.75) is 52.1 Å². The number of nitrogens with two attached hydrogens (primary N) is 1. The van der Waals surface area contributed by atoms with E-state index in [9.17, 15) is 4.79 Å². The molecule has 5 heteroatoms. The fraction of sp³-hybridized carbons (Fsp3) is 0.929. The molecule has 2 N–H and O–H groups in total. The highest BCUT2D eigenvalue weighted by Gasteiger charge is 2.28. The molecule has 4 nitrogen and oxygen atoms in total. The van der Waals surface area contributed by atoms with Crippen molar-refractivity contribution >= 4 is 18.3 Å². The van der Waals surface area contributed by atoms with Gasteiger partial charge in [-0.1, -0.05) is 27.2 Å². The summed E-state index contributed by atoms with van der Waals surface area (Å²) in [7, 11) is 1.89. The summed E-state index contributed by atoms with van der Waals surface area (Å²) < 4.78 is 0. The summed E-state index contributed by atoms with van der Waals surface area (Å²) >= 11 is 0. The molecule has 1 aliphatic rings. The Labute approximate surface area is 124 Å². The lowest BCUT2D eigenvalue weighted by molar-refractivity contribution is -0.133. The third kappa shape index (κ3) is 4.93. The molecule has 1 saturated heterocycles. The molecular weight excluding hydrogens is 262 g/mol. The van der Waals surface area contributed by atoms with Gasteiger partial charge >= 0.3 is 0 Å². The van der Waals surface area contributed by atoms with Crippen LogP contribution in [0.4, 0.5) is 0 Å². The Hall–Kier alpha value is -0.320. The Morgan fingerprint density at radius 3 is 2.63 bits per heavy atom. The second kappa shape index (κ2) is 8.77. The fourth-order valence-electron chi connectivity index (χ4n) is 2.68. The number of hydrogen-bond acceptors (Lipinski definition) is 3. The lowest BCUT2D eigenvalue weighted by Crippen LogP contribution is -2.49. The van der Waals surface area contributed by atoms with Crippen LogP contribution < -0.4 is 5.73 Å². The molecule has 3 unspecified atom stereocenters. The van der Waals surface area contributed by atoms with E-state index in [0.717, 1.165) is 19.5 Å². The average Bonchev–Trinajstić information content (AvgIpc) is 2.82. The predicted octanol–water partition coefficient (Wildman–Crippen LogP) is 1.72. The number of likely N-dealkylation sites (tertiary alicyclic amines) is 1. The molecule has 1 amide bonds. The number of carbonyl (C=O) groups excluding carboxylic acids is 1. The molecule has 0 spiro atoms. The van der Waals surface area contributed by atoms with Gasteiger partial charge in [0.05, 0.1) is 6.04 Å². The topological polar surface area (TPSA) is 49.6 Å². The van der Waals surface area contributed by atoms with Gasteiger partial charge in [-0.2, -0.15) is 0 Å². The Balaban J connectivity index is 0.00000324. The molecule has 1 aliphatic heterocycles. The molecule has 114 valence electrons. The van der Waals surface area contributed by atoms with E-state index in [1.54, 1.807) is 0 Å². The van der Waals surface area contributed by atoms with Gasteiger partial charge in [0, 0.05) is 19.6 Å². The Morgan fingerprint density at radius 1 is 1.47 bits per heavy atom. The molecule has 1 rings (SSSR count). The van der Waals surface area contributed by atoms with Crippen molar-refractivity contribution < 1.29 is 4.79 Å². The quantitative estimate of drug-likeness (QED) is 0.811. The predicted molar refractivity (Wildman–Crippen MR) is 82.6 cm³/mol.